The molecule has 1 saturated heterocycles. The van der Waals surface area contributed by atoms with Crippen LogP contribution in [0.1, 0.15) is 26.2 Å². The molecule has 0 aromatic rings. The SMILES string of the molecule is C[C@@H](N)CCCC1OCCO1. The number of hydrogen-bond donors (Lipinski definition) is 1. The van der Waals surface area contributed by atoms with Crippen LogP contribution < -0.4 is 5.73 Å². The van der Waals surface area contributed by atoms with Crippen molar-refractivity contribution in [1.29, 1.82) is 0 Å². The molecule has 1 rings (SSSR count). The molecule has 0 radical (unpaired) electrons. The second kappa shape index (κ2) is 4.70. The lowest BCUT2D eigenvalue weighted by molar-refractivity contribution is -0.0480. The van der Waals surface area contributed by atoms with E-state index in [2.05, 4.69) is 0 Å². The lowest BCUT2D eigenvalue weighted by Crippen LogP contribution is -2.16. The van der Waals surface area contributed by atoms with E-state index in [-0.39, 0.29) is 6.29 Å². The van der Waals surface area contributed by atoms with Crippen LogP contribution in [-0.4, -0.2) is 25.5 Å². The first-order chi connectivity index (χ1) is 5.29. The van der Waals surface area contributed by atoms with Crippen LogP contribution in [0, 0.1) is 0 Å². The topological polar surface area (TPSA) is 44.5 Å². The minimum atomic E-state index is 0.0498. The highest BCUT2D eigenvalue weighted by atomic mass is 16.7. The average molecular weight is 159 g/mol. The third-order valence-corrected chi connectivity index (χ3v) is 1.79. The fraction of sp³-hybridized carbons (Fsp3) is 1.00. The van der Waals surface area contributed by atoms with E-state index in [9.17, 15) is 0 Å². The molecule has 0 spiro atoms. The van der Waals surface area contributed by atoms with Crippen LogP contribution in [0.2, 0.25) is 0 Å². The van der Waals surface area contributed by atoms with Gasteiger partial charge in [-0.25, -0.2) is 0 Å². The van der Waals surface area contributed by atoms with Crippen molar-refractivity contribution < 1.29 is 9.47 Å². The van der Waals surface area contributed by atoms with Crippen molar-refractivity contribution in [1.82, 2.24) is 0 Å². The molecule has 0 aromatic heterocycles. The largest absolute Gasteiger partial charge is 0.350 e. The van der Waals surface area contributed by atoms with E-state index in [1.165, 1.54) is 0 Å². The van der Waals surface area contributed by atoms with Crippen molar-refractivity contribution in [3.8, 4) is 0 Å². The van der Waals surface area contributed by atoms with E-state index in [4.69, 9.17) is 15.2 Å². The Bertz CT molecular complexity index is 100. The molecule has 1 heterocycles. The number of rotatable bonds is 4. The van der Waals surface area contributed by atoms with Gasteiger partial charge < -0.3 is 15.2 Å². The van der Waals surface area contributed by atoms with Crippen molar-refractivity contribution in [2.75, 3.05) is 13.2 Å². The van der Waals surface area contributed by atoms with Crippen LogP contribution in [0.25, 0.3) is 0 Å². The lowest BCUT2D eigenvalue weighted by atomic mass is 10.1. The number of ether oxygens (including phenoxy) is 2. The molecule has 66 valence electrons. The van der Waals surface area contributed by atoms with Gasteiger partial charge in [0, 0.05) is 6.04 Å². The maximum atomic E-state index is 5.60. The smallest absolute Gasteiger partial charge is 0.157 e. The molecule has 1 aliphatic heterocycles. The van der Waals surface area contributed by atoms with Crippen LogP contribution in [0.3, 0.4) is 0 Å². The monoisotopic (exact) mass is 159 g/mol. The molecule has 1 aliphatic rings. The molecule has 1 fully saturated rings. The summed E-state index contributed by atoms with van der Waals surface area (Å²) >= 11 is 0. The van der Waals surface area contributed by atoms with Crippen LogP contribution in [0.15, 0.2) is 0 Å². The quantitative estimate of drug-likeness (QED) is 0.662. The summed E-state index contributed by atoms with van der Waals surface area (Å²) in [5.74, 6) is 0. The van der Waals surface area contributed by atoms with Gasteiger partial charge in [0.05, 0.1) is 13.2 Å². The molecule has 0 aliphatic carbocycles. The molecule has 0 saturated carbocycles. The minimum absolute atomic E-state index is 0.0498. The third-order valence-electron chi connectivity index (χ3n) is 1.79. The zero-order chi connectivity index (χ0) is 8.10. The Balaban J connectivity index is 1.94. The lowest BCUT2D eigenvalue weighted by Gasteiger charge is -2.09. The highest BCUT2D eigenvalue weighted by molar-refractivity contribution is 4.57. The van der Waals surface area contributed by atoms with Crippen molar-refractivity contribution in [3.05, 3.63) is 0 Å². The first kappa shape index (κ1) is 8.97. The van der Waals surface area contributed by atoms with E-state index in [1.54, 1.807) is 0 Å². The van der Waals surface area contributed by atoms with Crippen LogP contribution in [0.4, 0.5) is 0 Å². The standard InChI is InChI=1S/C8H17NO2/c1-7(9)3-2-4-8-10-5-6-11-8/h7-8H,2-6,9H2,1H3/t7-/m1/s1. The van der Waals surface area contributed by atoms with Crippen LogP contribution >= 0.6 is 0 Å². The summed E-state index contributed by atoms with van der Waals surface area (Å²) in [6.07, 6.45) is 3.20. The summed E-state index contributed by atoms with van der Waals surface area (Å²) < 4.78 is 10.5. The second-order valence-corrected chi connectivity index (χ2v) is 3.08. The summed E-state index contributed by atoms with van der Waals surface area (Å²) in [4.78, 5) is 0. The van der Waals surface area contributed by atoms with Gasteiger partial charge in [0.25, 0.3) is 0 Å². The van der Waals surface area contributed by atoms with Gasteiger partial charge in [-0.05, 0) is 26.2 Å². The van der Waals surface area contributed by atoms with Crippen LogP contribution in [0.5, 0.6) is 0 Å². The van der Waals surface area contributed by atoms with E-state index < -0.39 is 0 Å². The Hall–Kier alpha value is -0.120. The van der Waals surface area contributed by atoms with E-state index in [0.29, 0.717) is 6.04 Å². The van der Waals surface area contributed by atoms with E-state index >= 15 is 0 Å². The Labute approximate surface area is 67.9 Å². The molecule has 11 heavy (non-hydrogen) atoms. The van der Waals surface area contributed by atoms with Gasteiger partial charge in [-0.1, -0.05) is 0 Å². The summed E-state index contributed by atoms with van der Waals surface area (Å²) in [6.45, 7) is 3.53. The van der Waals surface area contributed by atoms with Crippen molar-refractivity contribution in [2.45, 2.75) is 38.5 Å². The van der Waals surface area contributed by atoms with Gasteiger partial charge in [0.1, 0.15) is 0 Å². The predicted molar refractivity (Wildman–Crippen MR) is 43.2 cm³/mol. The third kappa shape index (κ3) is 3.70. The molecule has 0 aromatic carbocycles. The second-order valence-electron chi connectivity index (χ2n) is 3.08. The normalized spacial score (nSPS) is 22.4. The molecule has 3 heteroatoms. The zero-order valence-corrected chi connectivity index (χ0v) is 7.08. The zero-order valence-electron chi connectivity index (χ0n) is 7.08. The molecule has 0 amide bonds. The molecule has 1 atom stereocenters. The molecule has 3 nitrogen and oxygen atoms in total. The molecule has 0 bridgehead atoms. The molecular formula is C8H17NO2. The Morgan fingerprint density at radius 3 is 2.64 bits per heavy atom. The predicted octanol–water partition coefficient (Wildman–Crippen LogP) is 0.877. The Morgan fingerprint density at radius 1 is 1.45 bits per heavy atom. The fourth-order valence-corrected chi connectivity index (χ4v) is 1.18. The van der Waals surface area contributed by atoms with Gasteiger partial charge in [-0.15, -0.1) is 0 Å². The summed E-state index contributed by atoms with van der Waals surface area (Å²) in [7, 11) is 0. The highest BCUT2D eigenvalue weighted by Crippen LogP contribution is 2.11. The van der Waals surface area contributed by atoms with Gasteiger partial charge in [0.2, 0.25) is 0 Å². The van der Waals surface area contributed by atoms with Crippen molar-refractivity contribution in [3.63, 3.8) is 0 Å². The van der Waals surface area contributed by atoms with Gasteiger partial charge >= 0.3 is 0 Å². The van der Waals surface area contributed by atoms with Crippen molar-refractivity contribution in [2.24, 2.45) is 5.73 Å². The molecule has 2 N–H and O–H groups in total. The Kier molecular flexibility index (Phi) is 3.83. The molecule has 0 unspecified atom stereocenters. The van der Waals surface area contributed by atoms with Gasteiger partial charge in [-0.3, -0.25) is 0 Å². The van der Waals surface area contributed by atoms with E-state index in [0.717, 1.165) is 32.5 Å². The van der Waals surface area contributed by atoms with Gasteiger partial charge in [-0.2, -0.15) is 0 Å². The highest BCUT2D eigenvalue weighted by Gasteiger charge is 2.14. The number of nitrogens with two attached hydrogens (primary N) is 1. The summed E-state index contributed by atoms with van der Waals surface area (Å²) in [5, 5.41) is 0. The fourth-order valence-electron chi connectivity index (χ4n) is 1.18. The van der Waals surface area contributed by atoms with E-state index in [1.807, 2.05) is 6.92 Å². The minimum Gasteiger partial charge on any atom is -0.350 e. The van der Waals surface area contributed by atoms with Crippen LogP contribution in [-0.2, 0) is 9.47 Å². The average Bonchev–Trinajstić information content (AvgIpc) is 2.39. The Morgan fingerprint density at radius 2 is 2.09 bits per heavy atom. The van der Waals surface area contributed by atoms with Gasteiger partial charge in [0.15, 0.2) is 6.29 Å². The maximum absolute atomic E-state index is 5.60. The first-order valence-corrected chi connectivity index (χ1v) is 4.28. The summed E-state index contributed by atoms with van der Waals surface area (Å²) in [6, 6.07) is 0.302. The number of hydrogen-bond acceptors (Lipinski definition) is 3. The molecular weight excluding hydrogens is 142 g/mol. The maximum Gasteiger partial charge on any atom is 0.157 e. The first-order valence-electron chi connectivity index (χ1n) is 4.28. The summed E-state index contributed by atoms with van der Waals surface area (Å²) in [5.41, 5.74) is 5.60. The van der Waals surface area contributed by atoms with Crippen molar-refractivity contribution >= 4 is 0 Å².